The van der Waals surface area contributed by atoms with E-state index in [0.717, 1.165) is 50.3 Å². The van der Waals surface area contributed by atoms with Crippen LogP contribution >= 0.6 is 0 Å². The van der Waals surface area contributed by atoms with Crippen molar-refractivity contribution in [3.8, 4) is 5.75 Å². The lowest BCUT2D eigenvalue weighted by Gasteiger charge is -2.06. The largest absolute Gasteiger partial charge is 0.494 e. The molecule has 136 valence electrons. The molecule has 0 N–H and O–H groups in total. The molecule has 0 saturated heterocycles. The molecule has 0 fully saturated rings. The van der Waals surface area contributed by atoms with Gasteiger partial charge in [-0.3, -0.25) is 0 Å². The Morgan fingerprint density at radius 1 is 0.833 bits per heavy atom. The molecule has 0 radical (unpaired) electrons. The van der Waals surface area contributed by atoms with E-state index in [-0.39, 0.29) is 0 Å². The lowest BCUT2D eigenvalue weighted by Crippen LogP contribution is -2.04. The molecule has 0 amide bonds. The van der Waals surface area contributed by atoms with Crippen molar-refractivity contribution < 1.29 is 14.0 Å². The van der Waals surface area contributed by atoms with Crippen LogP contribution in [-0.4, -0.2) is 25.0 Å². The topological polar surface area (TPSA) is 44.5 Å². The van der Waals surface area contributed by atoms with Crippen molar-refractivity contribution in [3.63, 3.8) is 0 Å². The molecule has 1 aromatic heterocycles. The molecule has 2 rings (SSSR count). The zero-order chi connectivity index (χ0) is 17.9. The maximum Gasteiger partial charge on any atom is 0.124 e. The second kappa shape index (κ2) is 17.5. The molecule has 0 aliphatic carbocycles. The van der Waals surface area contributed by atoms with Crippen LogP contribution in [0.2, 0.25) is 0 Å². The van der Waals surface area contributed by atoms with Crippen molar-refractivity contribution in [2.24, 2.45) is 0 Å². The Balaban J connectivity index is 0.00000123. The smallest absolute Gasteiger partial charge is 0.124 e. The third-order valence-electron chi connectivity index (χ3n) is 2.91. The maximum atomic E-state index is 5.58. The summed E-state index contributed by atoms with van der Waals surface area (Å²) in [6, 6.07) is 11.8. The Kier molecular flexibility index (Phi) is 16.2. The molecule has 1 heterocycles. The fourth-order valence-corrected chi connectivity index (χ4v) is 1.85. The Morgan fingerprint density at radius 2 is 1.54 bits per heavy atom. The molecule has 2 aromatic rings. The van der Waals surface area contributed by atoms with Gasteiger partial charge in [0.25, 0.3) is 0 Å². The van der Waals surface area contributed by atoms with Gasteiger partial charge in [0, 0.05) is 25.7 Å². The number of ether oxygens (including phenoxy) is 2. The first-order chi connectivity index (χ1) is 11.9. The Labute approximate surface area is 147 Å². The highest BCUT2D eigenvalue weighted by atomic mass is 16.5. The van der Waals surface area contributed by atoms with E-state index >= 15 is 0 Å². The fraction of sp³-hybridized carbons (Fsp3) is 0.550. The minimum absolute atomic E-state index is 0.697. The highest BCUT2D eigenvalue weighted by Crippen LogP contribution is 2.08. The second-order valence-corrected chi connectivity index (χ2v) is 4.58. The number of rotatable bonds is 10. The molecule has 0 spiro atoms. The predicted molar refractivity (Wildman–Crippen MR) is 99.5 cm³/mol. The minimum Gasteiger partial charge on any atom is -0.494 e. The lowest BCUT2D eigenvalue weighted by molar-refractivity contribution is 0.116. The molecule has 0 aliphatic rings. The monoisotopic (exact) mass is 335 g/mol. The van der Waals surface area contributed by atoms with Gasteiger partial charge in [-0.2, -0.15) is 0 Å². The number of hydrogen-bond donors (Lipinski definition) is 0. The van der Waals surface area contributed by atoms with E-state index in [1.807, 2.05) is 64.1 Å². The SMILES string of the molecule is CC.CC.c1ccc(OCCCOCCCCc2ccon2)cc1. The van der Waals surface area contributed by atoms with Gasteiger partial charge in [0.1, 0.15) is 12.0 Å². The summed E-state index contributed by atoms with van der Waals surface area (Å²) in [4.78, 5) is 0. The molecule has 0 saturated carbocycles. The molecular weight excluding hydrogens is 302 g/mol. The molecule has 1 aromatic carbocycles. The number of unbranched alkanes of at least 4 members (excludes halogenated alkanes) is 1. The van der Waals surface area contributed by atoms with E-state index in [2.05, 4.69) is 5.16 Å². The number of hydrogen-bond acceptors (Lipinski definition) is 4. The first kappa shape index (κ1) is 22.2. The van der Waals surface area contributed by atoms with Crippen molar-refractivity contribution >= 4 is 0 Å². The van der Waals surface area contributed by atoms with Gasteiger partial charge < -0.3 is 14.0 Å². The summed E-state index contributed by atoms with van der Waals surface area (Å²) in [6.45, 7) is 10.2. The standard InChI is InChI=1S/C16H21NO3.2C2H6/c1-2-8-16(9-3-1)19-13-6-12-18-11-5-4-7-15-10-14-20-17-15;2*1-2/h1-3,8-10,14H,4-7,11-13H2;2*1-2H3. The van der Waals surface area contributed by atoms with Gasteiger partial charge >= 0.3 is 0 Å². The van der Waals surface area contributed by atoms with Gasteiger partial charge in [-0.15, -0.1) is 0 Å². The summed E-state index contributed by atoms with van der Waals surface area (Å²) in [5.74, 6) is 0.917. The zero-order valence-corrected chi connectivity index (χ0v) is 15.7. The summed E-state index contributed by atoms with van der Waals surface area (Å²) in [5.41, 5.74) is 1.02. The van der Waals surface area contributed by atoms with E-state index in [0.29, 0.717) is 6.61 Å². The number of para-hydroxylation sites is 1. The predicted octanol–water partition coefficient (Wildman–Crippen LogP) is 5.54. The maximum absolute atomic E-state index is 5.58. The number of nitrogens with zero attached hydrogens (tertiary/aromatic N) is 1. The quantitative estimate of drug-likeness (QED) is 0.535. The summed E-state index contributed by atoms with van der Waals surface area (Å²) >= 11 is 0. The van der Waals surface area contributed by atoms with E-state index in [4.69, 9.17) is 14.0 Å². The van der Waals surface area contributed by atoms with Gasteiger partial charge in [-0.1, -0.05) is 51.1 Å². The summed E-state index contributed by atoms with van der Waals surface area (Å²) in [5, 5.41) is 3.87. The van der Waals surface area contributed by atoms with Gasteiger partial charge in [0.2, 0.25) is 0 Å². The Morgan fingerprint density at radius 3 is 2.21 bits per heavy atom. The highest BCUT2D eigenvalue weighted by Gasteiger charge is 1.97. The summed E-state index contributed by atoms with van der Waals surface area (Å²) in [6.07, 6.45) is 5.60. The zero-order valence-electron chi connectivity index (χ0n) is 15.7. The highest BCUT2D eigenvalue weighted by molar-refractivity contribution is 5.20. The molecule has 0 bridgehead atoms. The van der Waals surface area contributed by atoms with Crippen molar-refractivity contribution in [3.05, 3.63) is 48.4 Å². The van der Waals surface area contributed by atoms with Gasteiger partial charge in [-0.25, -0.2) is 0 Å². The number of aryl methyl sites for hydroxylation is 1. The van der Waals surface area contributed by atoms with Gasteiger partial charge in [0.15, 0.2) is 0 Å². The van der Waals surface area contributed by atoms with Crippen molar-refractivity contribution in [2.45, 2.75) is 53.4 Å². The molecule has 0 unspecified atom stereocenters. The first-order valence-corrected chi connectivity index (χ1v) is 9.10. The molecular formula is C20H33NO3. The average Bonchev–Trinajstić information content (AvgIpc) is 3.18. The fourth-order valence-electron chi connectivity index (χ4n) is 1.85. The van der Waals surface area contributed by atoms with Crippen LogP contribution in [0.3, 0.4) is 0 Å². The van der Waals surface area contributed by atoms with Crippen molar-refractivity contribution in [2.75, 3.05) is 19.8 Å². The van der Waals surface area contributed by atoms with E-state index in [1.165, 1.54) is 0 Å². The molecule has 24 heavy (non-hydrogen) atoms. The van der Waals surface area contributed by atoms with Crippen molar-refractivity contribution in [1.29, 1.82) is 0 Å². The van der Waals surface area contributed by atoms with E-state index < -0.39 is 0 Å². The number of benzene rings is 1. The third kappa shape index (κ3) is 11.7. The number of aromatic nitrogens is 1. The van der Waals surface area contributed by atoms with Crippen LogP contribution in [0.4, 0.5) is 0 Å². The van der Waals surface area contributed by atoms with Crippen LogP contribution in [0.1, 0.15) is 52.7 Å². The molecule has 4 heteroatoms. The van der Waals surface area contributed by atoms with Crippen molar-refractivity contribution in [1.82, 2.24) is 5.16 Å². The van der Waals surface area contributed by atoms with Crippen LogP contribution < -0.4 is 4.74 Å². The van der Waals surface area contributed by atoms with Crippen LogP contribution in [0.25, 0.3) is 0 Å². The van der Waals surface area contributed by atoms with Gasteiger partial charge in [0.05, 0.1) is 12.3 Å². The molecule has 0 aliphatic heterocycles. The lowest BCUT2D eigenvalue weighted by atomic mass is 10.2. The van der Waals surface area contributed by atoms with Crippen LogP contribution in [-0.2, 0) is 11.2 Å². The average molecular weight is 335 g/mol. The van der Waals surface area contributed by atoms with Gasteiger partial charge in [-0.05, 0) is 31.4 Å². The van der Waals surface area contributed by atoms with Crippen LogP contribution in [0, 0.1) is 0 Å². The molecule has 4 nitrogen and oxygen atoms in total. The second-order valence-electron chi connectivity index (χ2n) is 4.58. The summed E-state index contributed by atoms with van der Waals surface area (Å²) in [7, 11) is 0. The molecule has 0 atom stereocenters. The Bertz CT molecular complexity index is 443. The minimum atomic E-state index is 0.697. The normalized spacial score (nSPS) is 9.33. The first-order valence-electron chi connectivity index (χ1n) is 9.10. The van der Waals surface area contributed by atoms with E-state index in [1.54, 1.807) is 6.26 Å². The summed E-state index contributed by atoms with van der Waals surface area (Å²) < 4.78 is 15.9. The van der Waals surface area contributed by atoms with E-state index in [9.17, 15) is 0 Å². The Hall–Kier alpha value is -1.81. The third-order valence-corrected chi connectivity index (χ3v) is 2.91. The van der Waals surface area contributed by atoms with Crippen LogP contribution in [0.15, 0.2) is 47.2 Å². The van der Waals surface area contributed by atoms with Crippen LogP contribution in [0.5, 0.6) is 5.75 Å².